The summed E-state index contributed by atoms with van der Waals surface area (Å²) in [5.74, 6) is 0.899. The van der Waals surface area contributed by atoms with Crippen LogP contribution in [0.3, 0.4) is 0 Å². The van der Waals surface area contributed by atoms with Gasteiger partial charge in [0.05, 0.1) is 6.61 Å². The Morgan fingerprint density at radius 3 is 2.88 bits per heavy atom. The molecule has 0 bridgehead atoms. The lowest BCUT2D eigenvalue weighted by molar-refractivity contribution is 0.152. The van der Waals surface area contributed by atoms with Crippen LogP contribution in [0.1, 0.15) is 26.2 Å². The number of ether oxygens (including phenoxy) is 1. The highest BCUT2D eigenvalue weighted by Gasteiger charge is 2.24. The van der Waals surface area contributed by atoms with Gasteiger partial charge in [-0.3, -0.25) is 4.99 Å². The summed E-state index contributed by atoms with van der Waals surface area (Å²) in [6, 6.07) is 0.575. The normalized spacial score (nSPS) is 25.0. The number of thioether (sulfide) groups is 1. The van der Waals surface area contributed by atoms with Gasteiger partial charge in [-0.15, -0.1) is 0 Å². The molecule has 2 unspecified atom stereocenters. The van der Waals surface area contributed by atoms with E-state index in [1.165, 1.54) is 19.3 Å². The summed E-state index contributed by atoms with van der Waals surface area (Å²) in [6.07, 6.45) is 6.00. The van der Waals surface area contributed by atoms with Gasteiger partial charge in [-0.25, -0.2) is 0 Å². The van der Waals surface area contributed by atoms with E-state index >= 15 is 0 Å². The zero-order valence-corrected chi connectivity index (χ0v) is 12.0. The Labute approximate surface area is 109 Å². The van der Waals surface area contributed by atoms with Crippen LogP contribution < -0.4 is 10.6 Å². The summed E-state index contributed by atoms with van der Waals surface area (Å²) in [4.78, 5) is 4.23. The molecule has 0 saturated heterocycles. The van der Waals surface area contributed by atoms with Crippen molar-refractivity contribution in [1.29, 1.82) is 0 Å². The van der Waals surface area contributed by atoms with Crippen LogP contribution in [-0.4, -0.2) is 50.3 Å². The fraction of sp³-hybridized carbons (Fsp3) is 0.917. The summed E-state index contributed by atoms with van der Waals surface area (Å²) >= 11 is 1.98. The van der Waals surface area contributed by atoms with Gasteiger partial charge in [-0.05, 0) is 32.4 Å². The number of hydrogen-bond acceptors (Lipinski definition) is 3. The van der Waals surface area contributed by atoms with Crippen LogP contribution in [0.2, 0.25) is 0 Å². The molecule has 0 heterocycles. The Bertz CT molecular complexity index is 236. The lowest BCUT2D eigenvalue weighted by Gasteiger charge is -2.17. The standard InChI is InChI=1S/C12H25N3OS/c1-4-16-8-7-14-12(13-2)15-10-5-6-11(9-10)17-3/h10-11H,4-9H2,1-3H3,(H2,13,14,15). The van der Waals surface area contributed by atoms with Crippen molar-refractivity contribution in [3.63, 3.8) is 0 Å². The molecule has 1 aliphatic rings. The van der Waals surface area contributed by atoms with E-state index in [0.717, 1.165) is 31.0 Å². The molecule has 17 heavy (non-hydrogen) atoms. The summed E-state index contributed by atoms with van der Waals surface area (Å²) < 4.78 is 5.28. The Balaban J connectivity index is 2.19. The van der Waals surface area contributed by atoms with Crippen LogP contribution in [0.15, 0.2) is 4.99 Å². The molecule has 1 rings (SSSR count). The summed E-state index contributed by atoms with van der Waals surface area (Å²) in [6.45, 7) is 4.32. The minimum atomic E-state index is 0.575. The second kappa shape index (κ2) is 8.64. The predicted octanol–water partition coefficient (Wildman–Crippen LogP) is 1.47. The third-order valence-corrected chi connectivity index (χ3v) is 4.12. The smallest absolute Gasteiger partial charge is 0.191 e. The fourth-order valence-corrected chi connectivity index (χ4v) is 2.86. The number of hydrogen-bond donors (Lipinski definition) is 2. The van der Waals surface area contributed by atoms with Gasteiger partial charge in [0.25, 0.3) is 0 Å². The molecular formula is C12H25N3OS. The second-order valence-electron chi connectivity index (χ2n) is 4.21. The number of rotatable bonds is 6. The SMILES string of the molecule is CCOCCNC(=NC)NC1CCC(SC)C1. The fourth-order valence-electron chi connectivity index (χ4n) is 2.06. The summed E-state index contributed by atoms with van der Waals surface area (Å²) in [7, 11) is 1.82. The van der Waals surface area contributed by atoms with Crippen molar-refractivity contribution in [3.8, 4) is 0 Å². The molecule has 0 aromatic heterocycles. The van der Waals surface area contributed by atoms with Crippen molar-refractivity contribution in [2.24, 2.45) is 4.99 Å². The molecular weight excluding hydrogens is 234 g/mol. The monoisotopic (exact) mass is 259 g/mol. The number of aliphatic imine (C=N–C) groups is 1. The van der Waals surface area contributed by atoms with Gasteiger partial charge in [-0.1, -0.05) is 0 Å². The lowest BCUT2D eigenvalue weighted by atomic mass is 10.2. The average Bonchev–Trinajstić information content (AvgIpc) is 2.80. The molecule has 0 aromatic carbocycles. The van der Waals surface area contributed by atoms with Crippen LogP contribution in [0.5, 0.6) is 0 Å². The van der Waals surface area contributed by atoms with Crippen molar-refractivity contribution < 1.29 is 4.74 Å². The van der Waals surface area contributed by atoms with Crippen molar-refractivity contribution >= 4 is 17.7 Å². The van der Waals surface area contributed by atoms with Crippen LogP contribution in [-0.2, 0) is 4.74 Å². The molecule has 1 aliphatic carbocycles. The molecule has 0 amide bonds. The number of guanidine groups is 1. The highest BCUT2D eigenvalue weighted by Crippen LogP contribution is 2.27. The van der Waals surface area contributed by atoms with Crippen LogP contribution in [0.25, 0.3) is 0 Å². The summed E-state index contributed by atoms with van der Waals surface area (Å²) in [5, 5.41) is 7.56. The topological polar surface area (TPSA) is 45.6 Å². The Morgan fingerprint density at radius 2 is 2.29 bits per heavy atom. The molecule has 1 saturated carbocycles. The highest BCUT2D eigenvalue weighted by molar-refractivity contribution is 7.99. The third-order valence-electron chi connectivity index (χ3n) is 3.03. The van der Waals surface area contributed by atoms with E-state index in [0.29, 0.717) is 6.04 Å². The molecule has 0 aliphatic heterocycles. The van der Waals surface area contributed by atoms with Gasteiger partial charge < -0.3 is 15.4 Å². The molecule has 0 aromatic rings. The van der Waals surface area contributed by atoms with Crippen molar-refractivity contribution in [1.82, 2.24) is 10.6 Å². The first-order valence-corrected chi connectivity index (χ1v) is 7.66. The van der Waals surface area contributed by atoms with Crippen LogP contribution in [0, 0.1) is 0 Å². The van der Waals surface area contributed by atoms with E-state index in [4.69, 9.17) is 4.74 Å². The van der Waals surface area contributed by atoms with Crippen molar-refractivity contribution in [3.05, 3.63) is 0 Å². The molecule has 2 atom stereocenters. The number of nitrogens with one attached hydrogen (secondary N) is 2. The van der Waals surface area contributed by atoms with Crippen LogP contribution >= 0.6 is 11.8 Å². The lowest BCUT2D eigenvalue weighted by Crippen LogP contribution is -2.43. The van der Waals surface area contributed by atoms with Crippen LogP contribution in [0.4, 0.5) is 0 Å². The highest BCUT2D eigenvalue weighted by atomic mass is 32.2. The predicted molar refractivity (Wildman–Crippen MR) is 75.9 cm³/mol. The van der Waals surface area contributed by atoms with Gasteiger partial charge in [0.2, 0.25) is 0 Å². The molecule has 0 radical (unpaired) electrons. The van der Waals surface area contributed by atoms with Crippen molar-refractivity contribution in [2.75, 3.05) is 33.1 Å². The maximum Gasteiger partial charge on any atom is 0.191 e. The quantitative estimate of drug-likeness (QED) is 0.431. The maximum atomic E-state index is 5.28. The second-order valence-corrected chi connectivity index (χ2v) is 5.35. The Hall–Kier alpha value is -0.420. The molecule has 100 valence electrons. The van der Waals surface area contributed by atoms with E-state index in [9.17, 15) is 0 Å². The minimum absolute atomic E-state index is 0.575. The first-order valence-electron chi connectivity index (χ1n) is 6.37. The molecule has 4 nitrogen and oxygen atoms in total. The molecule has 0 spiro atoms. The largest absolute Gasteiger partial charge is 0.380 e. The van der Waals surface area contributed by atoms with E-state index in [1.807, 2.05) is 25.7 Å². The number of nitrogens with zero attached hydrogens (tertiary/aromatic N) is 1. The van der Waals surface area contributed by atoms with E-state index in [1.54, 1.807) is 0 Å². The van der Waals surface area contributed by atoms with E-state index in [2.05, 4.69) is 21.9 Å². The molecule has 2 N–H and O–H groups in total. The van der Waals surface area contributed by atoms with E-state index < -0.39 is 0 Å². The van der Waals surface area contributed by atoms with Gasteiger partial charge in [-0.2, -0.15) is 11.8 Å². The van der Waals surface area contributed by atoms with Gasteiger partial charge >= 0.3 is 0 Å². The maximum absolute atomic E-state index is 5.28. The summed E-state index contributed by atoms with van der Waals surface area (Å²) in [5.41, 5.74) is 0. The average molecular weight is 259 g/mol. The molecule has 1 fully saturated rings. The van der Waals surface area contributed by atoms with E-state index in [-0.39, 0.29) is 0 Å². The minimum Gasteiger partial charge on any atom is -0.380 e. The zero-order valence-electron chi connectivity index (χ0n) is 11.2. The zero-order chi connectivity index (χ0) is 12.5. The first-order chi connectivity index (χ1) is 8.30. The van der Waals surface area contributed by atoms with Gasteiger partial charge in [0.1, 0.15) is 0 Å². The van der Waals surface area contributed by atoms with Crippen molar-refractivity contribution in [2.45, 2.75) is 37.5 Å². The first kappa shape index (κ1) is 14.6. The Kier molecular flexibility index (Phi) is 7.44. The van der Waals surface area contributed by atoms with Gasteiger partial charge in [0, 0.05) is 31.5 Å². The molecule has 5 heteroatoms. The van der Waals surface area contributed by atoms with Gasteiger partial charge in [0.15, 0.2) is 5.96 Å². The third kappa shape index (κ3) is 5.64. The Morgan fingerprint density at radius 1 is 1.47 bits per heavy atom.